The average Bonchev–Trinajstić information content (AvgIpc) is 3.29. The van der Waals surface area contributed by atoms with E-state index in [1.807, 2.05) is 25.4 Å². The molecule has 0 bridgehead atoms. The van der Waals surface area contributed by atoms with Crippen LogP contribution in [0.1, 0.15) is 17.1 Å². The molecule has 1 spiro atoms. The smallest absolute Gasteiger partial charge is 0.225 e. The Kier molecular flexibility index (Phi) is 4.71. The van der Waals surface area contributed by atoms with Crippen LogP contribution < -0.4 is 4.90 Å². The minimum Gasteiger partial charge on any atom is -0.375 e. The molecule has 4 rings (SSSR count). The normalized spacial score (nSPS) is 26.8. The lowest BCUT2D eigenvalue weighted by Gasteiger charge is -2.30. The lowest BCUT2D eigenvalue weighted by molar-refractivity contribution is 0.0547. The number of rotatable bonds is 5. The van der Waals surface area contributed by atoms with E-state index in [2.05, 4.69) is 37.2 Å². The number of aromatic nitrogens is 3. The van der Waals surface area contributed by atoms with Crippen LogP contribution in [0.4, 0.5) is 5.95 Å². The maximum Gasteiger partial charge on any atom is 0.225 e. The van der Waals surface area contributed by atoms with Crippen LogP contribution in [0.2, 0.25) is 0 Å². The van der Waals surface area contributed by atoms with Crippen LogP contribution in [0.15, 0.2) is 23.8 Å². The Labute approximate surface area is 152 Å². The van der Waals surface area contributed by atoms with Crippen LogP contribution in [0, 0.1) is 18.3 Å². The van der Waals surface area contributed by atoms with Gasteiger partial charge in [0.2, 0.25) is 5.95 Å². The summed E-state index contributed by atoms with van der Waals surface area (Å²) in [6.07, 6.45) is 4.83. The van der Waals surface area contributed by atoms with E-state index >= 15 is 0 Å². The molecule has 2 aliphatic heterocycles. The lowest BCUT2D eigenvalue weighted by Crippen LogP contribution is -2.36. The summed E-state index contributed by atoms with van der Waals surface area (Å²) in [5, 5.41) is 3.19. The Morgan fingerprint density at radius 1 is 1.32 bits per heavy atom. The highest BCUT2D eigenvalue weighted by atomic mass is 32.1. The molecule has 0 aromatic carbocycles. The number of nitrogens with zero attached hydrogens (tertiary/aromatic N) is 5. The van der Waals surface area contributed by atoms with Gasteiger partial charge in [0, 0.05) is 55.3 Å². The maximum absolute atomic E-state index is 6.06. The van der Waals surface area contributed by atoms with E-state index in [1.165, 1.54) is 6.42 Å². The molecule has 0 radical (unpaired) electrons. The molecule has 2 atom stereocenters. The number of anilines is 1. The third-order valence-electron chi connectivity index (χ3n) is 5.44. The fraction of sp³-hybridized carbons (Fsp3) is 0.611. The Bertz CT molecular complexity index is 709. The van der Waals surface area contributed by atoms with Crippen LogP contribution in [0.5, 0.6) is 0 Å². The van der Waals surface area contributed by atoms with Gasteiger partial charge in [0.15, 0.2) is 0 Å². The first-order valence-corrected chi connectivity index (χ1v) is 9.72. The van der Waals surface area contributed by atoms with Gasteiger partial charge in [-0.15, -0.1) is 11.3 Å². The molecule has 2 aromatic heterocycles. The van der Waals surface area contributed by atoms with E-state index < -0.39 is 0 Å². The van der Waals surface area contributed by atoms with Gasteiger partial charge in [-0.2, -0.15) is 0 Å². The fourth-order valence-corrected chi connectivity index (χ4v) is 4.89. The highest BCUT2D eigenvalue weighted by molar-refractivity contribution is 7.09. The van der Waals surface area contributed by atoms with Crippen LogP contribution in [0.3, 0.4) is 0 Å². The zero-order valence-electron chi connectivity index (χ0n) is 14.9. The molecule has 25 heavy (non-hydrogen) atoms. The van der Waals surface area contributed by atoms with Gasteiger partial charge in [-0.25, -0.2) is 15.0 Å². The molecule has 134 valence electrons. The molecule has 6 nitrogen and oxygen atoms in total. The fourth-order valence-electron chi connectivity index (χ4n) is 4.29. The molecule has 2 saturated heterocycles. The molecule has 0 unspecified atom stereocenters. The van der Waals surface area contributed by atoms with E-state index in [1.54, 1.807) is 11.3 Å². The number of ether oxygens (including phenoxy) is 1. The minimum atomic E-state index is 0.284. The predicted octanol–water partition coefficient (Wildman–Crippen LogP) is 2.22. The van der Waals surface area contributed by atoms with Crippen molar-refractivity contribution < 1.29 is 4.74 Å². The first kappa shape index (κ1) is 16.9. The number of likely N-dealkylation sites (tertiary alicyclic amines) is 1. The van der Waals surface area contributed by atoms with Crippen LogP contribution >= 0.6 is 11.3 Å². The second kappa shape index (κ2) is 6.97. The summed E-state index contributed by atoms with van der Waals surface area (Å²) in [4.78, 5) is 18.1. The highest BCUT2D eigenvalue weighted by Crippen LogP contribution is 2.44. The summed E-state index contributed by atoms with van der Waals surface area (Å²) in [6, 6.07) is 1.87. The second-order valence-electron chi connectivity index (χ2n) is 7.35. The van der Waals surface area contributed by atoms with E-state index in [0.717, 1.165) is 49.4 Å². The van der Waals surface area contributed by atoms with Gasteiger partial charge in [0.1, 0.15) is 0 Å². The summed E-state index contributed by atoms with van der Waals surface area (Å²) in [7, 11) is 2.22. The summed E-state index contributed by atoms with van der Waals surface area (Å²) in [5.41, 5.74) is 1.33. The molecule has 0 amide bonds. The molecular formula is C18H25N5OS. The van der Waals surface area contributed by atoms with Crippen molar-refractivity contribution in [2.24, 2.45) is 11.3 Å². The van der Waals surface area contributed by atoms with Gasteiger partial charge in [0.05, 0.1) is 23.9 Å². The number of aryl methyl sites for hydroxylation is 1. The molecule has 0 aliphatic carbocycles. The maximum atomic E-state index is 6.06. The Balaban J connectivity index is 1.39. The first-order valence-electron chi connectivity index (χ1n) is 8.84. The van der Waals surface area contributed by atoms with E-state index in [0.29, 0.717) is 12.5 Å². The largest absolute Gasteiger partial charge is 0.375 e. The zero-order chi connectivity index (χ0) is 17.3. The third-order valence-corrected chi connectivity index (χ3v) is 6.26. The molecule has 4 heterocycles. The lowest BCUT2D eigenvalue weighted by atomic mass is 9.77. The van der Waals surface area contributed by atoms with Crippen molar-refractivity contribution in [1.82, 2.24) is 19.9 Å². The molecule has 7 heteroatoms. The topological polar surface area (TPSA) is 54.4 Å². The third kappa shape index (κ3) is 3.54. The van der Waals surface area contributed by atoms with Gasteiger partial charge in [0.25, 0.3) is 0 Å². The van der Waals surface area contributed by atoms with Crippen molar-refractivity contribution >= 4 is 17.3 Å². The quantitative estimate of drug-likeness (QED) is 0.816. The SMILES string of the molecule is Cc1nc(COC[C@@H]2CN(C)C[C@@]23CCN(c2ncccn2)C3)cs1. The molecule has 2 fully saturated rings. The minimum absolute atomic E-state index is 0.284. The van der Waals surface area contributed by atoms with Gasteiger partial charge in [-0.1, -0.05) is 0 Å². The number of hydrogen-bond acceptors (Lipinski definition) is 7. The number of thiazole rings is 1. The predicted molar refractivity (Wildman–Crippen MR) is 98.8 cm³/mol. The average molecular weight is 359 g/mol. The Morgan fingerprint density at radius 3 is 2.92 bits per heavy atom. The van der Waals surface area contributed by atoms with Crippen LogP contribution in [-0.2, 0) is 11.3 Å². The van der Waals surface area contributed by atoms with Crippen LogP contribution in [-0.4, -0.2) is 59.7 Å². The van der Waals surface area contributed by atoms with E-state index in [-0.39, 0.29) is 5.41 Å². The Hall–Kier alpha value is -1.57. The van der Waals surface area contributed by atoms with Crippen LogP contribution in [0.25, 0.3) is 0 Å². The molecular weight excluding hydrogens is 334 g/mol. The van der Waals surface area contributed by atoms with Gasteiger partial charge in [-0.3, -0.25) is 0 Å². The molecule has 0 N–H and O–H groups in total. The molecule has 0 saturated carbocycles. The summed E-state index contributed by atoms with van der Waals surface area (Å²) < 4.78 is 6.06. The van der Waals surface area contributed by atoms with Gasteiger partial charge < -0.3 is 14.5 Å². The van der Waals surface area contributed by atoms with Crippen molar-refractivity contribution in [2.45, 2.75) is 20.0 Å². The van der Waals surface area contributed by atoms with Gasteiger partial charge in [-0.05, 0) is 26.5 Å². The van der Waals surface area contributed by atoms with E-state index in [9.17, 15) is 0 Å². The van der Waals surface area contributed by atoms with Crippen molar-refractivity contribution in [2.75, 3.05) is 44.7 Å². The molecule has 2 aromatic rings. The van der Waals surface area contributed by atoms with Crippen molar-refractivity contribution in [3.05, 3.63) is 34.5 Å². The highest BCUT2D eigenvalue weighted by Gasteiger charge is 2.49. The van der Waals surface area contributed by atoms with Crippen molar-refractivity contribution in [3.63, 3.8) is 0 Å². The summed E-state index contributed by atoms with van der Waals surface area (Å²) >= 11 is 1.68. The Morgan fingerprint density at radius 2 is 2.16 bits per heavy atom. The van der Waals surface area contributed by atoms with Gasteiger partial charge >= 0.3 is 0 Å². The monoisotopic (exact) mass is 359 g/mol. The van der Waals surface area contributed by atoms with E-state index in [4.69, 9.17) is 4.74 Å². The standard InChI is InChI=1S/C18H25N5OS/c1-14-21-16(11-25-14)10-24-9-15-8-22(2)12-18(15)4-7-23(13-18)17-19-5-3-6-20-17/h3,5-6,11,15H,4,7-10,12-13H2,1-2H3/t15-,18+/m0/s1. The first-order chi connectivity index (χ1) is 12.1. The zero-order valence-corrected chi connectivity index (χ0v) is 15.7. The summed E-state index contributed by atoms with van der Waals surface area (Å²) in [6.45, 7) is 7.72. The molecule has 2 aliphatic rings. The number of hydrogen-bond donors (Lipinski definition) is 0. The van der Waals surface area contributed by atoms with Crippen molar-refractivity contribution in [1.29, 1.82) is 0 Å². The second-order valence-corrected chi connectivity index (χ2v) is 8.41. The summed E-state index contributed by atoms with van der Waals surface area (Å²) in [5.74, 6) is 1.40. The van der Waals surface area contributed by atoms with Crippen molar-refractivity contribution in [3.8, 4) is 0 Å².